The van der Waals surface area contributed by atoms with Gasteiger partial charge in [-0.25, -0.2) is 4.39 Å². The highest BCUT2D eigenvalue weighted by atomic mass is 32.2. The Labute approximate surface area is 108 Å². The summed E-state index contributed by atoms with van der Waals surface area (Å²) in [6, 6.07) is 11.6. The van der Waals surface area contributed by atoms with Crippen molar-refractivity contribution in [3.63, 3.8) is 0 Å². The van der Waals surface area contributed by atoms with E-state index in [0.717, 1.165) is 5.56 Å². The maximum atomic E-state index is 13.0. The van der Waals surface area contributed by atoms with Crippen LogP contribution in [-0.2, 0) is 16.6 Å². The van der Waals surface area contributed by atoms with Crippen LogP contribution in [0, 0.1) is 12.7 Å². The zero-order valence-corrected chi connectivity index (χ0v) is 10.8. The maximum Gasteiger partial charge on any atom is 0.123 e. The van der Waals surface area contributed by atoms with Crippen LogP contribution >= 0.6 is 0 Å². The third-order valence-electron chi connectivity index (χ3n) is 2.60. The molecule has 0 spiro atoms. The Bertz CT molecular complexity index is 598. The van der Waals surface area contributed by atoms with E-state index in [0.29, 0.717) is 16.1 Å². The largest absolute Gasteiger partial charge is 0.398 e. The molecule has 0 heterocycles. The minimum absolute atomic E-state index is 0.269. The molecule has 4 heteroatoms. The predicted octanol–water partition coefficient (Wildman–Crippen LogP) is 3.02. The molecule has 2 nitrogen and oxygen atoms in total. The van der Waals surface area contributed by atoms with Crippen molar-refractivity contribution >= 4 is 16.5 Å². The second-order valence-electron chi connectivity index (χ2n) is 4.16. The van der Waals surface area contributed by atoms with E-state index in [9.17, 15) is 8.60 Å². The van der Waals surface area contributed by atoms with Crippen LogP contribution in [0.4, 0.5) is 10.1 Å². The molecule has 2 aromatic rings. The van der Waals surface area contributed by atoms with Crippen LogP contribution in [-0.4, -0.2) is 4.21 Å². The SMILES string of the molecule is Cc1ccc(S(=O)Cc2cccc(F)c2)c(N)c1. The monoisotopic (exact) mass is 263 g/mol. The van der Waals surface area contributed by atoms with Crippen molar-refractivity contribution in [1.29, 1.82) is 0 Å². The van der Waals surface area contributed by atoms with E-state index in [1.165, 1.54) is 12.1 Å². The number of hydrogen-bond acceptors (Lipinski definition) is 2. The van der Waals surface area contributed by atoms with Crippen molar-refractivity contribution in [2.45, 2.75) is 17.6 Å². The van der Waals surface area contributed by atoms with Gasteiger partial charge in [-0.3, -0.25) is 4.21 Å². The molecule has 0 fully saturated rings. The zero-order valence-electron chi connectivity index (χ0n) is 10.0. The molecule has 18 heavy (non-hydrogen) atoms. The average Bonchev–Trinajstić information content (AvgIpc) is 2.28. The number of nitrogens with two attached hydrogens (primary N) is 1. The van der Waals surface area contributed by atoms with Crippen LogP contribution in [0.15, 0.2) is 47.4 Å². The molecule has 0 saturated carbocycles. The lowest BCUT2D eigenvalue weighted by atomic mass is 10.2. The summed E-state index contributed by atoms with van der Waals surface area (Å²) in [5, 5.41) is 0. The van der Waals surface area contributed by atoms with E-state index >= 15 is 0 Å². The number of aryl methyl sites for hydroxylation is 1. The summed E-state index contributed by atoms with van der Waals surface area (Å²) in [5.41, 5.74) is 8.09. The summed E-state index contributed by atoms with van der Waals surface area (Å²) >= 11 is 0. The minimum Gasteiger partial charge on any atom is -0.398 e. The van der Waals surface area contributed by atoms with E-state index in [2.05, 4.69) is 0 Å². The molecule has 1 unspecified atom stereocenters. The quantitative estimate of drug-likeness (QED) is 0.865. The van der Waals surface area contributed by atoms with Gasteiger partial charge >= 0.3 is 0 Å². The number of benzene rings is 2. The van der Waals surface area contributed by atoms with Crippen LogP contribution < -0.4 is 5.73 Å². The number of hydrogen-bond donors (Lipinski definition) is 1. The summed E-state index contributed by atoms with van der Waals surface area (Å²) in [6.45, 7) is 1.93. The summed E-state index contributed by atoms with van der Waals surface area (Å²) in [7, 11) is -1.25. The van der Waals surface area contributed by atoms with E-state index in [-0.39, 0.29) is 11.6 Å². The molecule has 0 aliphatic rings. The summed E-state index contributed by atoms with van der Waals surface area (Å²) in [5.74, 6) is -0.0493. The first-order valence-electron chi connectivity index (χ1n) is 5.55. The molecule has 2 N–H and O–H groups in total. The van der Waals surface area contributed by atoms with Crippen LogP contribution in [0.25, 0.3) is 0 Å². The van der Waals surface area contributed by atoms with Gasteiger partial charge in [0.15, 0.2) is 0 Å². The third kappa shape index (κ3) is 2.96. The molecule has 2 rings (SSSR count). The van der Waals surface area contributed by atoms with Gasteiger partial charge in [0.1, 0.15) is 5.82 Å². The van der Waals surface area contributed by atoms with Gasteiger partial charge in [0.05, 0.1) is 21.4 Å². The Morgan fingerprint density at radius 2 is 2.00 bits per heavy atom. The molecule has 0 bridgehead atoms. The molecular formula is C14H14FNOS. The van der Waals surface area contributed by atoms with Gasteiger partial charge in [-0.15, -0.1) is 0 Å². The second kappa shape index (κ2) is 5.31. The first-order valence-corrected chi connectivity index (χ1v) is 6.87. The molecule has 0 amide bonds. The molecule has 2 aromatic carbocycles. The first kappa shape index (κ1) is 12.8. The van der Waals surface area contributed by atoms with E-state index in [1.54, 1.807) is 24.3 Å². The fourth-order valence-corrected chi connectivity index (χ4v) is 2.91. The molecule has 0 saturated heterocycles. The van der Waals surface area contributed by atoms with Crippen molar-refractivity contribution in [3.8, 4) is 0 Å². The first-order chi connectivity index (χ1) is 8.56. The van der Waals surface area contributed by atoms with Crippen LogP contribution in [0.1, 0.15) is 11.1 Å². The lowest BCUT2D eigenvalue weighted by Gasteiger charge is -2.07. The van der Waals surface area contributed by atoms with E-state index < -0.39 is 10.8 Å². The molecule has 0 radical (unpaired) electrons. The Kier molecular flexibility index (Phi) is 3.77. The fourth-order valence-electron chi connectivity index (χ4n) is 1.73. The predicted molar refractivity (Wildman–Crippen MR) is 72.1 cm³/mol. The number of anilines is 1. The van der Waals surface area contributed by atoms with Gasteiger partial charge in [-0.05, 0) is 42.3 Å². The van der Waals surface area contributed by atoms with Gasteiger partial charge in [-0.2, -0.15) is 0 Å². The summed E-state index contributed by atoms with van der Waals surface area (Å²) < 4.78 is 25.2. The molecule has 0 aliphatic carbocycles. The van der Waals surface area contributed by atoms with Gasteiger partial charge in [0.25, 0.3) is 0 Å². The topological polar surface area (TPSA) is 43.1 Å². The van der Waals surface area contributed by atoms with Gasteiger partial charge in [-0.1, -0.05) is 18.2 Å². The maximum absolute atomic E-state index is 13.0. The fraction of sp³-hybridized carbons (Fsp3) is 0.143. The van der Waals surface area contributed by atoms with Gasteiger partial charge in [0.2, 0.25) is 0 Å². The lowest BCUT2D eigenvalue weighted by molar-refractivity contribution is 0.626. The van der Waals surface area contributed by atoms with Gasteiger partial charge in [0, 0.05) is 5.69 Å². The second-order valence-corrected chi connectivity index (χ2v) is 5.58. The summed E-state index contributed by atoms with van der Waals surface area (Å²) in [4.78, 5) is 0.602. The zero-order chi connectivity index (χ0) is 13.1. The van der Waals surface area contributed by atoms with Gasteiger partial charge < -0.3 is 5.73 Å². The summed E-state index contributed by atoms with van der Waals surface area (Å²) in [6.07, 6.45) is 0. The molecular weight excluding hydrogens is 249 g/mol. The van der Waals surface area contributed by atoms with E-state index in [1.807, 2.05) is 13.0 Å². The molecule has 1 atom stereocenters. The van der Waals surface area contributed by atoms with Crippen molar-refractivity contribution < 1.29 is 8.60 Å². The highest BCUT2D eigenvalue weighted by Crippen LogP contribution is 2.20. The smallest absolute Gasteiger partial charge is 0.123 e. The Morgan fingerprint density at radius 1 is 1.22 bits per heavy atom. The minimum atomic E-state index is -1.25. The molecule has 0 aromatic heterocycles. The van der Waals surface area contributed by atoms with Crippen molar-refractivity contribution in [2.75, 3.05) is 5.73 Å². The van der Waals surface area contributed by atoms with Crippen LogP contribution in [0.3, 0.4) is 0 Å². The highest BCUT2D eigenvalue weighted by Gasteiger charge is 2.09. The Hall–Kier alpha value is -1.68. The van der Waals surface area contributed by atoms with E-state index in [4.69, 9.17) is 5.73 Å². The number of rotatable bonds is 3. The number of nitrogen functional groups attached to an aromatic ring is 1. The molecule has 0 aliphatic heterocycles. The Morgan fingerprint density at radius 3 is 2.67 bits per heavy atom. The van der Waals surface area contributed by atoms with Crippen molar-refractivity contribution in [3.05, 3.63) is 59.4 Å². The van der Waals surface area contributed by atoms with Crippen LogP contribution in [0.2, 0.25) is 0 Å². The van der Waals surface area contributed by atoms with Crippen LogP contribution in [0.5, 0.6) is 0 Å². The molecule has 94 valence electrons. The lowest BCUT2D eigenvalue weighted by Crippen LogP contribution is -2.01. The normalized spacial score (nSPS) is 12.3. The number of halogens is 1. The Balaban J connectivity index is 2.22. The van der Waals surface area contributed by atoms with Crippen molar-refractivity contribution in [1.82, 2.24) is 0 Å². The highest BCUT2D eigenvalue weighted by molar-refractivity contribution is 7.84. The third-order valence-corrected chi connectivity index (χ3v) is 4.06. The average molecular weight is 263 g/mol. The van der Waals surface area contributed by atoms with Crippen molar-refractivity contribution in [2.24, 2.45) is 0 Å². The standard InChI is InChI=1S/C14H14FNOS/c1-10-5-6-14(13(16)7-10)18(17)9-11-3-2-4-12(15)8-11/h2-8H,9,16H2,1H3.